The first kappa shape index (κ1) is 22.4. The van der Waals surface area contributed by atoms with Gasteiger partial charge in [0.05, 0.1) is 19.6 Å². The number of methoxy groups -OCH3 is 1. The van der Waals surface area contributed by atoms with Crippen molar-refractivity contribution in [2.24, 2.45) is 0 Å². The molecule has 0 saturated heterocycles. The molecule has 1 heterocycles. The van der Waals surface area contributed by atoms with Gasteiger partial charge in [0.2, 0.25) is 5.91 Å². The highest BCUT2D eigenvalue weighted by molar-refractivity contribution is 5.83. The van der Waals surface area contributed by atoms with Crippen molar-refractivity contribution >= 4 is 17.6 Å². The monoisotopic (exact) mass is 398 g/mol. The van der Waals surface area contributed by atoms with E-state index in [0.717, 1.165) is 24.1 Å². The molecule has 0 bridgehead atoms. The number of carbonyl (C=O) groups excluding carboxylic acids is 2. The highest BCUT2D eigenvalue weighted by Crippen LogP contribution is 2.33. The molecule has 2 aromatic rings. The number of hydrogen-bond donors (Lipinski definition) is 3. The van der Waals surface area contributed by atoms with Crippen molar-refractivity contribution in [3.63, 3.8) is 0 Å². The second-order valence-corrected chi connectivity index (χ2v) is 6.99. The quantitative estimate of drug-likeness (QED) is 0.674. The zero-order valence-corrected chi connectivity index (χ0v) is 17.3. The van der Waals surface area contributed by atoms with Crippen LogP contribution in [0, 0.1) is 6.92 Å². The maximum absolute atomic E-state index is 11.9. The van der Waals surface area contributed by atoms with Crippen LogP contribution >= 0.6 is 0 Å². The van der Waals surface area contributed by atoms with Crippen molar-refractivity contribution < 1.29 is 19.4 Å². The van der Waals surface area contributed by atoms with Gasteiger partial charge in [-0.2, -0.15) is 0 Å². The lowest BCUT2D eigenvalue weighted by Gasteiger charge is -2.28. The second-order valence-electron chi connectivity index (χ2n) is 6.99. The van der Waals surface area contributed by atoms with E-state index in [9.17, 15) is 9.59 Å². The fourth-order valence-corrected chi connectivity index (χ4v) is 3.29. The molecule has 0 unspecified atom stereocenters. The second kappa shape index (κ2) is 11.2. The molecule has 0 radical (unpaired) electrons. The fourth-order valence-electron chi connectivity index (χ4n) is 3.29. The summed E-state index contributed by atoms with van der Waals surface area (Å²) in [4.78, 5) is 23.0. The van der Waals surface area contributed by atoms with Crippen LogP contribution in [0.2, 0.25) is 0 Å². The van der Waals surface area contributed by atoms with Crippen molar-refractivity contribution in [3.05, 3.63) is 64.7 Å². The molecule has 1 atom stereocenters. The van der Waals surface area contributed by atoms with Crippen LogP contribution in [0.1, 0.15) is 41.6 Å². The van der Waals surface area contributed by atoms with Crippen molar-refractivity contribution in [1.82, 2.24) is 5.32 Å². The summed E-state index contributed by atoms with van der Waals surface area (Å²) in [6, 6.07) is 15.0. The van der Waals surface area contributed by atoms with E-state index in [0.29, 0.717) is 6.04 Å². The molecule has 1 amide bonds. The van der Waals surface area contributed by atoms with Crippen LogP contribution in [0.15, 0.2) is 42.5 Å². The van der Waals surface area contributed by atoms with Crippen LogP contribution in [0.25, 0.3) is 0 Å². The Morgan fingerprint density at radius 3 is 2.69 bits per heavy atom. The number of hydrogen-bond acceptors (Lipinski definition) is 5. The summed E-state index contributed by atoms with van der Waals surface area (Å²) in [5, 5.41) is 13.7. The Kier molecular flexibility index (Phi) is 8.68. The lowest BCUT2D eigenvalue weighted by Crippen LogP contribution is -2.31. The highest BCUT2D eigenvalue weighted by Gasteiger charge is 2.20. The van der Waals surface area contributed by atoms with Gasteiger partial charge in [-0.05, 0) is 49.4 Å². The number of fused-ring (bicyclic) bond motifs is 1. The lowest BCUT2D eigenvalue weighted by atomic mass is 9.91. The number of esters is 1. The number of carbonyl (C=O) groups is 2. The van der Waals surface area contributed by atoms with Gasteiger partial charge in [0.15, 0.2) is 0 Å². The molecule has 6 nitrogen and oxygen atoms in total. The molecule has 2 aromatic carbocycles. The van der Waals surface area contributed by atoms with E-state index in [-0.39, 0.29) is 25.5 Å². The number of rotatable bonds is 5. The van der Waals surface area contributed by atoms with Crippen molar-refractivity contribution in [2.45, 2.75) is 39.2 Å². The molecule has 6 heteroatoms. The normalized spacial score (nSPS) is 14.6. The number of aryl methyl sites for hydroxylation is 2. The Labute approximate surface area is 172 Å². The number of amides is 1. The van der Waals surface area contributed by atoms with Gasteiger partial charge in [-0.3, -0.25) is 9.59 Å². The molecule has 0 fully saturated rings. The summed E-state index contributed by atoms with van der Waals surface area (Å²) < 4.78 is 4.52. The van der Waals surface area contributed by atoms with Crippen molar-refractivity contribution in [3.8, 4) is 0 Å². The van der Waals surface area contributed by atoms with Gasteiger partial charge in [0.1, 0.15) is 6.54 Å². The summed E-state index contributed by atoms with van der Waals surface area (Å²) in [5.74, 6) is -0.632. The number of aliphatic hydroxyl groups is 1. The minimum Gasteiger partial charge on any atom is -0.468 e. The Bertz CT molecular complexity index is 835. The highest BCUT2D eigenvalue weighted by atomic mass is 16.5. The Morgan fingerprint density at radius 2 is 2.00 bits per heavy atom. The summed E-state index contributed by atoms with van der Waals surface area (Å²) in [6.07, 6.45) is 2.25. The zero-order chi connectivity index (χ0) is 21.2. The predicted octanol–water partition coefficient (Wildman–Crippen LogP) is 2.92. The molecular formula is C23H30N2O4. The third-order valence-corrected chi connectivity index (χ3v) is 4.67. The SMILES string of the molecule is CCO.COC(=O)CNC(=O)Cc1ccc2c(c1)CC[C@@H](c1cccc(C)c1)N2. The number of nitrogens with one attached hydrogen (secondary N) is 2. The number of anilines is 1. The number of benzene rings is 2. The van der Waals surface area contributed by atoms with E-state index < -0.39 is 5.97 Å². The molecule has 3 rings (SSSR count). The van der Waals surface area contributed by atoms with Crippen LogP contribution in [0.4, 0.5) is 5.69 Å². The Hall–Kier alpha value is -2.86. The summed E-state index contributed by atoms with van der Waals surface area (Å²) in [5.41, 5.74) is 5.88. The third-order valence-electron chi connectivity index (χ3n) is 4.67. The van der Waals surface area contributed by atoms with Gasteiger partial charge in [0, 0.05) is 12.3 Å². The maximum atomic E-state index is 11.9. The predicted molar refractivity (Wildman–Crippen MR) is 114 cm³/mol. The van der Waals surface area contributed by atoms with Crippen LogP contribution in [-0.4, -0.2) is 37.2 Å². The average Bonchev–Trinajstić information content (AvgIpc) is 2.72. The molecule has 29 heavy (non-hydrogen) atoms. The van der Waals surface area contributed by atoms with Crippen molar-refractivity contribution in [1.29, 1.82) is 0 Å². The standard InChI is InChI=1S/C21H24N2O3.C2H6O/c1-14-4-3-5-16(10-14)19-9-7-17-11-15(6-8-18(17)23-19)12-20(24)22-13-21(25)26-2;1-2-3/h3-6,8,10-11,19,23H,7,9,12-13H2,1-2H3,(H,22,24);3H,2H2,1H3/t19-;/m0./s1. The molecule has 0 saturated carbocycles. The Balaban J connectivity index is 0.000000941. The average molecular weight is 399 g/mol. The van der Waals surface area contributed by atoms with E-state index >= 15 is 0 Å². The van der Waals surface area contributed by atoms with Crippen LogP contribution in [0.5, 0.6) is 0 Å². The van der Waals surface area contributed by atoms with E-state index in [1.807, 2.05) is 12.1 Å². The minimum absolute atomic E-state index is 0.0972. The van der Waals surface area contributed by atoms with Gasteiger partial charge in [-0.25, -0.2) is 0 Å². The fraction of sp³-hybridized carbons (Fsp3) is 0.391. The van der Waals surface area contributed by atoms with E-state index in [1.165, 1.54) is 23.8 Å². The first-order valence-corrected chi connectivity index (χ1v) is 9.86. The number of ether oxygens (including phenoxy) is 1. The molecular weight excluding hydrogens is 368 g/mol. The molecule has 1 aliphatic rings. The summed E-state index contributed by atoms with van der Waals surface area (Å²) >= 11 is 0. The van der Waals surface area contributed by atoms with Gasteiger partial charge in [0.25, 0.3) is 0 Å². The molecule has 0 aromatic heterocycles. The third kappa shape index (κ3) is 6.91. The van der Waals surface area contributed by atoms with E-state index in [2.05, 4.69) is 52.6 Å². The van der Waals surface area contributed by atoms with Crippen LogP contribution < -0.4 is 10.6 Å². The Morgan fingerprint density at radius 1 is 1.24 bits per heavy atom. The molecule has 0 spiro atoms. The minimum atomic E-state index is -0.449. The zero-order valence-electron chi connectivity index (χ0n) is 17.3. The molecule has 156 valence electrons. The molecule has 0 aliphatic carbocycles. The van der Waals surface area contributed by atoms with E-state index in [4.69, 9.17) is 5.11 Å². The number of aliphatic hydroxyl groups excluding tert-OH is 1. The van der Waals surface area contributed by atoms with E-state index in [1.54, 1.807) is 6.92 Å². The maximum Gasteiger partial charge on any atom is 0.325 e. The van der Waals surface area contributed by atoms with Gasteiger partial charge in [-0.1, -0.05) is 42.0 Å². The van der Waals surface area contributed by atoms with Gasteiger partial charge < -0.3 is 20.5 Å². The molecule has 3 N–H and O–H groups in total. The lowest BCUT2D eigenvalue weighted by molar-refractivity contribution is -0.141. The van der Waals surface area contributed by atoms with Crippen LogP contribution in [-0.2, 0) is 27.2 Å². The summed E-state index contributed by atoms with van der Waals surface area (Å²) in [7, 11) is 1.30. The largest absolute Gasteiger partial charge is 0.468 e. The summed E-state index contributed by atoms with van der Waals surface area (Å²) in [6.45, 7) is 3.94. The first-order valence-electron chi connectivity index (χ1n) is 9.86. The molecule has 1 aliphatic heterocycles. The smallest absolute Gasteiger partial charge is 0.325 e. The van der Waals surface area contributed by atoms with Gasteiger partial charge >= 0.3 is 5.97 Å². The first-order chi connectivity index (χ1) is 14.0. The van der Waals surface area contributed by atoms with Gasteiger partial charge in [-0.15, -0.1) is 0 Å². The van der Waals surface area contributed by atoms with Crippen molar-refractivity contribution in [2.75, 3.05) is 25.6 Å². The van der Waals surface area contributed by atoms with Crippen LogP contribution in [0.3, 0.4) is 0 Å². The topological polar surface area (TPSA) is 87.7 Å².